The highest BCUT2D eigenvalue weighted by Crippen LogP contribution is 2.32. The van der Waals surface area contributed by atoms with Gasteiger partial charge in [-0.25, -0.2) is 0 Å². The maximum atomic E-state index is 12.7. The highest BCUT2D eigenvalue weighted by Gasteiger charge is 2.30. The third-order valence-corrected chi connectivity index (χ3v) is 4.08. The molecule has 0 spiro atoms. The molecule has 0 fully saturated rings. The third-order valence-electron chi connectivity index (χ3n) is 4.08. The number of hydrogen-bond donors (Lipinski definition) is 0. The normalized spacial score (nSPS) is 17.1. The molecule has 2 nitrogen and oxygen atoms in total. The molecule has 0 radical (unpaired) electrons. The molecule has 1 amide bonds. The zero-order valence-electron chi connectivity index (χ0n) is 12.0. The van der Waals surface area contributed by atoms with Gasteiger partial charge in [-0.05, 0) is 43.0 Å². The van der Waals surface area contributed by atoms with Gasteiger partial charge in [-0.2, -0.15) is 0 Å². The van der Waals surface area contributed by atoms with Gasteiger partial charge in [-0.15, -0.1) is 0 Å². The lowest BCUT2D eigenvalue weighted by Gasteiger charge is -2.23. The Morgan fingerprint density at radius 2 is 1.85 bits per heavy atom. The molecular formula is C18H19NO. The summed E-state index contributed by atoms with van der Waals surface area (Å²) in [6, 6.07) is 16.6. The highest BCUT2D eigenvalue weighted by atomic mass is 16.2. The largest absolute Gasteiger partial charge is 0.309 e. The van der Waals surface area contributed by atoms with E-state index in [1.807, 2.05) is 35.2 Å². The van der Waals surface area contributed by atoms with Crippen LogP contribution < -0.4 is 4.90 Å². The molecule has 1 aliphatic rings. The van der Waals surface area contributed by atoms with Crippen LogP contribution in [-0.4, -0.2) is 11.9 Å². The van der Waals surface area contributed by atoms with Crippen molar-refractivity contribution >= 4 is 11.6 Å². The molecule has 102 valence electrons. The topological polar surface area (TPSA) is 20.3 Å². The molecule has 0 N–H and O–H groups in total. The van der Waals surface area contributed by atoms with Crippen LogP contribution in [-0.2, 0) is 17.6 Å². The van der Waals surface area contributed by atoms with Crippen LogP contribution in [0.3, 0.4) is 0 Å². The molecule has 0 saturated heterocycles. The second-order valence-corrected chi connectivity index (χ2v) is 5.55. The smallest absolute Gasteiger partial charge is 0.231 e. The summed E-state index contributed by atoms with van der Waals surface area (Å²) < 4.78 is 0. The van der Waals surface area contributed by atoms with Gasteiger partial charge in [0.2, 0.25) is 5.91 Å². The average Bonchev–Trinajstić information content (AvgIpc) is 2.77. The number of fused-ring (bicyclic) bond motifs is 1. The predicted molar refractivity (Wildman–Crippen MR) is 82.0 cm³/mol. The van der Waals surface area contributed by atoms with Crippen LogP contribution >= 0.6 is 0 Å². The predicted octanol–water partition coefficient (Wildman–Crippen LogP) is 3.52. The Bertz CT molecular complexity index is 647. The van der Waals surface area contributed by atoms with Gasteiger partial charge in [0.15, 0.2) is 0 Å². The van der Waals surface area contributed by atoms with Gasteiger partial charge < -0.3 is 4.90 Å². The van der Waals surface area contributed by atoms with E-state index in [9.17, 15) is 4.79 Å². The first-order valence-corrected chi connectivity index (χ1v) is 7.11. The summed E-state index contributed by atoms with van der Waals surface area (Å²) in [7, 11) is 0. The van der Waals surface area contributed by atoms with Crippen molar-refractivity contribution in [1.29, 1.82) is 0 Å². The van der Waals surface area contributed by atoms with Crippen LogP contribution in [0.4, 0.5) is 5.69 Å². The molecule has 0 aliphatic carbocycles. The van der Waals surface area contributed by atoms with E-state index in [0.29, 0.717) is 6.42 Å². The van der Waals surface area contributed by atoms with Crippen LogP contribution in [0.15, 0.2) is 48.5 Å². The summed E-state index contributed by atoms with van der Waals surface area (Å²) >= 11 is 0. The maximum absolute atomic E-state index is 12.7. The zero-order chi connectivity index (χ0) is 14.1. The molecule has 2 aromatic carbocycles. The SMILES string of the molecule is Cc1ccccc1CC(=O)N1c2ccccc2C[C@@H]1C. The number of aryl methyl sites for hydroxylation is 1. The molecule has 0 aromatic heterocycles. The van der Waals surface area contributed by atoms with E-state index in [0.717, 1.165) is 17.7 Å². The quantitative estimate of drug-likeness (QED) is 0.813. The number of anilines is 1. The molecule has 0 bridgehead atoms. The van der Waals surface area contributed by atoms with Gasteiger partial charge in [0.25, 0.3) is 0 Å². The lowest BCUT2D eigenvalue weighted by molar-refractivity contribution is -0.118. The summed E-state index contributed by atoms with van der Waals surface area (Å²) in [6.07, 6.45) is 1.43. The van der Waals surface area contributed by atoms with Gasteiger partial charge in [0, 0.05) is 11.7 Å². The first kappa shape index (κ1) is 12.9. The summed E-state index contributed by atoms with van der Waals surface area (Å²) in [5.41, 5.74) is 4.66. The second kappa shape index (κ2) is 5.12. The lowest BCUT2D eigenvalue weighted by Crippen LogP contribution is -2.36. The van der Waals surface area contributed by atoms with Crippen LogP contribution in [0.25, 0.3) is 0 Å². The van der Waals surface area contributed by atoms with E-state index < -0.39 is 0 Å². The molecule has 1 atom stereocenters. The van der Waals surface area contributed by atoms with Crippen molar-refractivity contribution in [2.45, 2.75) is 32.7 Å². The number of hydrogen-bond acceptors (Lipinski definition) is 1. The van der Waals surface area contributed by atoms with E-state index >= 15 is 0 Å². The van der Waals surface area contributed by atoms with E-state index in [4.69, 9.17) is 0 Å². The van der Waals surface area contributed by atoms with Crippen LogP contribution in [0, 0.1) is 6.92 Å². The summed E-state index contributed by atoms with van der Waals surface area (Å²) in [5, 5.41) is 0. The lowest BCUT2D eigenvalue weighted by atomic mass is 10.1. The fourth-order valence-corrected chi connectivity index (χ4v) is 3.00. The van der Waals surface area contributed by atoms with Crippen LogP contribution in [0.5, 0.6) is 0 Å². The second-order valence-electron chi connectivity index (χ2n) is 5.55. The Morgan fingerprint density at radius 1 is 1.15 bits per heavy atom. The number of nitrogens with zero attached hydrogens (tertiary/aromatic N) is 1. The van der Waals surface area contributed by atoms with Gasteiger partial charge in [-0.1, -0.05) is 42.5 Å². The summed E-state index contributed by atoms with van der Waals surface area (Å²) in [4.78, 5) is 14.6. The van der Waals surface area contributed by atoms with E-state index in [1.165, 1.54) is 11.1 Å². The third kappa shape index (κ3) is 2.22. The Kier molecular flexibility index (Phi) is 3.31. The van der Waals surface area contributed by atoms with Gasteiger partial charge in [-0.3, -0.25) is 4.79 Å². The Balaban J connectivity index is 1.86. The minimum atomic E-state index is 0.191. The zero-order valence-corrected chi connectivity index (χ0v) is 12.0. The first-order valence-electron chi connectivity index (χ1n) is 7.11. The molecule has 2 aromatic rings. The Morgan fingerprint density at radius 3 is 2.65 bits per heavy atom. The standard InChI is InChI=1S/C18H19NO/c1-13-7-3-4-8-15(13)12-18(20)19-14(2)11-16-9-5-6-10-17(16)19/h3-10,14H,11-12H2,1-2H3/t14-/m0/s1. The fraction of sp³-hybridized carbons (Fsp3) is 0.278. The van der Waals surface area contributed by atoms with Gasteiger partial charge in [0.1, 0.15) is 0 Å². The van der Waals surface area contributed by atoms with E-state index in [-0.39, 0.29) is 11.9 Å². The number of benzene rings is 2. The minimum absolute atomic E-state index is 0.191. The van der Waals surface area contributed by atoms with Crippen molar-refractivity contribution < 1.29 is 4.79 Å². The number of rotatable bonds is 2. The minimum Gasteiger partial charge on any atom is -0.309 e. The van der Waals surface area contributed by atoms with Crippen molar-refractivity contribution in [3.8, 4) is 0 Å². The Hall–Kier alpha value is -2.09. The molecule has 2 heteroatoms. The molecular weight excluding hydrogens is 246 g/mol. The van der Waals surface area contributed by atoms with Crippen molar-refractivity contribution in [3.63, 3.8) is 0 Å². The summed E-state index contributed by atoms with van der Waals surface area (Å²) in [5.74, 6) is 0.191. The molecule has 3 rings (SSSR count). The van der Waals surface area contributed by atoms with Crippen molar-refractivity contribution in [2.75, 3.05) is 4.90 Å². The van der Waals surface area contributed by atoms with Crippen LogP contribution in [0.1, 0.15) is 23.6 Å². The van der Waals surface area contributed by atoms with Gasteiger partial charge in [0.05, 0.1) is 6.42 Å². The molecule has 0 saturated carbocycles. The monoisotopic (exact) mass is 265 g/mol. The maximum Gasteiger partial charge on any atom is 0.231 e. The van der Waals surface area contributed by atoms with Crippen molar-refractivity contribution in [3.05, 3.63) is 65.2 Å². The highest BCUT2D eigenvalue weighted by molar-refractivity contribution is 5.97. The van der Waals surface area contributed by atoms with Crippen molar-refractivity contribution in [1.82, 2.24) is 0 Å². The summed E-state index contributed by atoms with van der Waals surface area (Å²) in [6.45, 7) is 4.18. The van der Waals surface area contributed by atoms with Crippen molar-refractivity contribution in [2.24, 2.45) is 0 Å². The number of carbonyl (C=O) groups excluding carboxylic acids is 1. The number of para-hydroxylation sites is 1. The van der Waals surface area contributed by atoms with Crippen LogP contribution in [0.2, 0.25) is 0 Å². The Labute approximate surface area is 120 Å². The molecule has 0 unspecified atom stereocenters. The molecule has 1 heterocycles. The van der Waals surface area contributed by atoms with E-state index in [1.54, 1.807) is 0 Å². The number of amides is 1. The fourth-order valence-electron chi connectivity index (χ4n) is 3.00. The number of carbonyl (C=O) groups is 1. The molecule has 20 heavy (non-hydrogen) atoms. The average molecular weight is 265 g/mol. The molecule has 1 aliphatic heterocycles. The first-order chi connectivity index (χ1) is 9.66. The van der Waals surface area contributed by atoms with Gasteiger partial charge >= 0.3 is 0 Å². The van der Waals surface area contributed by atoms with E-state index in [2.05, 4.69) is 32.0 Å².